The number of carbonyl (C=O) groups excluding carboxylic acids is 1. The average Bonchev–Trinajstić information content (AvgIpc) is 2.52. The van der Waals surface area contributed by atoms with Crippen LogP contribution in [0.1, 0.15) is 40.6 Å². The lowest BCUT2D eigenvalue weighted by atomic mass is 10.1. The molecule has 0 saturated heterocycles. The van der Waals surface area contributed by atoms with Crippen LogP contribution in [-0.2, 0) is 0 Å². The molecule has 0 fully saturated rings. The first kappa shape index (κ1) is 9.51. The molecule has 0 unspecified atom stereocenters. The maximum atomic E-state index is 11.3. The van der Waals surface area contributed by atoms with Gasteiger partial charge in [0.2, 0.25) is 0 Å². The Morgan fingerprint density at radius 2 is 2.23 bits per heavy atom. The fraction of sp³-hybridized carbons (Fsp3) is 0.333. The van der Waals surface area contributed by atoms with Gasteiger partial charge < -0.3 is 10.1 Å². The Hall–Kier alpha value is -1.58. The van der Waals surface area contributed by atoms with E-state index in [1.807, 2.05) is 6.92 Å². The van der Waals surface area contributed by atoms with E-state index in [1.165, 1.54) is 12.3 Å². The molecule has 0 aliphatic rings. The summed E-state index contributed by atoms with van der Waals surface area (Å²) in [7, 11) is 0. The van der Waals surface area contributed by atoms with Gasteiger partial charge in [0, 0.05) is 18.2 Å². The molecule has 0 spiro atoms. The molecule has 0 atom stereocenters. The highest BCUT2D eigenvalue weighted by molar-refractivity contribution is 5.98. The molecule has 0 bridgehead atoms. The summed E-state index contributed by atoms with van der Waals surface area (Å²) in [5.74, 6) is -1.07. The molecule has 1 aromatic rings. The summed E-state index contributed by atoms with van der Waals surface area (Å²) in [5.41, 5.74) is 0.499. The third-order valence-corrected chi connectivity index (χ3v) is 1.71. The van der Waals surface area contributed by atoms with Gasteiger partial charge in [0.25, 0.3) is 0 Å². The monoisotopic (exact) mass is 181 g/mol. The van der Waals surface area contributed by atoms with E-state index in [0.717, 1.165) is 6.42 Å². The van der Waals surface area contributed by atoms with Gasteiger partial charge in [-0.3, -0.25) is 4.79 Å². The van der Waals surface area contributed by atoms with E-state index in [0.29, 0.717) is 12.0 Å². The number of aromatic amines is 1. The largest absolute Gasteiger partial charge is 0.477 e. The maximum Gasteiger partial charge on any atom is 0.352 e. The summed E-state index contributed by atoms with van der Waals surface area (Å²) in [6, 6.07) is 1.36. The second-order valence-corrected chi connectivity index (χ2v) is 2.78. The van der Waals surface area contributed by atoms with Crippen molar-refractivity contribution >= 4 is 11.8 Å². The molecule has 2 N–H and O–H groups in total. The highest BCUT2D eigenvalue weighted by atomic mass is 16.4. The zero-order chi connectivity index (χ0) is 9.84. The first-order valence-electron chi connectivity index (χ1n) is 4.10. The summed E-state index contributed by atoms with van der Waals surface area (Å²) in [5, 5.41) is 8.57. The van der Waals surface area contributed by atoms with Gasteiger partial charge in [-0.2, -0.15) is 0 Å². The number of Topliss-reactive ketones (excluding diaryl/α,β-unsaturated/α-hetero) is 1. The number of carbonyl (C=O) groups is 2. The van der Waals surface area contributed by atoms with Crippen LogP contribution in [0, 0.1) is 0 Å². The van der Waals surface area contributed by atoms with E-state index in [9.17, 15) is 9.59 Å². The zero-order valence-electron chi connectivity index (χ0n) is 7.33. The van der Waals surface area contributed by atoms with Gasteiger partial charge >= 0.3 is 5.97 Å². The van der Waals surface area contributed by atoms with Crippen LogP contribution in [0.3, 0.4) is 0 Å². The molecule has 1 heterocycles. The van der Waals surface area contributed by atoms with E-state index < -0.39 is 5.97 Å². The van der Waals surface area contributed by atoms with E-state index in [1.54, 1.807) is 0 Å². The average molecular weight is 181 g/mol. The van der Waals surface area contributed by atoms with Crippen molar-refractivity contribution in [3.8, 4) is 0 Å². The molecule has 70 valence electrons. The number of H-pyrrole nitrogens is 1. The molecule has 13 heavy (non-hydrogen) atoms. The topological polar surface area (TPSA) is 70.2 Å². The van der Waals surface area contributed by atoms with Crippen LogP contribution < -0.4 is 0 Å². The molecular weight excluding hydrogens is 170 g/mol. The summed E-state index contributed by atoms with van der Waals surface area (Å²) < 4.78 is 0. The molecule has 4 heteroatoms. The van der Waals surface area contributed by atoms with E-state index in [4.69, 9.17) is 5.11 Å². The van der Waals surface area contributed by atoms with Gasteiger partial charge in [-0.25, -0.2) is 4.79 Å². The lowest BCUT2D eigenvalue weighted by Gasteiger charge is -1.91. The van der Waals surface area contributed by atoms with Crippen LogP contribution in [0.4, 0.5) is 0 Å². The zero-order valence-corrected chi connectivity index (χ0v) is 7.33. The number of rotatable bonds is 4. The van der Waals surface area contributed by atoms with Gasteiger partial charge in [0.05, 0.1) is 0 Å². The molecule has 1 rings (SSSR count). The van der Waals surface area contributed by atoms with Crippen LogP contribution in [0.2, 0.25) is 0 Å². The van der Waals surface area contributed by atoms with Gasteiger partial charge in [-0.05, 0) is 12.5 Å². The Labute approximate surface area is 75.6 Å². The summed E-state index contributed by atoms with van der Waals surface area (Å²) >= 11 is 0. The normalized spacial score (nSPS) is 9.92. The third kappa shape index (κ3) is 2.18. The van der Waals surface area contributed by atoms with Crippen LogP contribution in [0.25, 0.3) is 0 Å². The number of hydrogen-bond donors (Lipinski definition) is 2. The van der Waals surface area contributed by atoms with Crippen molar-refractivity contribution in [1.29, 1.82) is 0 Å². The third-order valence-electron chi connectivity index (χ3n) is 1.71. The highest BCUT2D eigenvalue weighted by Gasteiger charge is 2.10. The molecule has 0 amide bonds. The maximum absolute atomic E-state index is 11.3. The number of aromatic nitrogens is 1. The first-order chi connectivity index (χ1) is 6.15. The second-order valence-electron chi connectivity index (χ2n) is 2.78. The number of hydrogen-bond acceptors (Lipinski definition) is 2. The van der Waals surface area contributed by atoms with Crippen molar-refractivity contribution in [1.82, 2.24) is 4.98 Å². The Morgan fingerprint density at radius 3 is 2.69 bits per heavy atom. The van der Waals surface area contributed by atoms with Gasteiger partial charge in [0.15, 0.2) is 5.78 Å². The predicted molar refractivity (Wildman–Crippen MR) is 47.0 cm³/mol. The summed E-state index contributed by atoms with van der Waals surface area (Å²) in [4.78, 5) is 24.2. The number of aromatic carboxylic acids is 1. The fourth-order valence-electron chi connectivity index (χ4n) is 1.05. The van der Waals surface area contributed by atoms with Crippen molar-refractivity contribution in [2.45, 2.75) is 19.8 Å². The Balaban J connectivity index is 2.79. The lowest BCUT2D eigenvalue weighted by Crippen LogP contribution is -1.97. The van der Waals surface area contributed by atoms with Crippen LogP contribution in [0.5, 0.6) is 0 Å². The standard InChI is InChI=1S/C9H11NO3/c1-2-3-8(11)6-4-7(9(12)13)10-5-6/h4-5,10H,2-3H2,1H3,(H,12,13). The van der Waals surface area contributed by atoms with Crippen molar-refractivity contribution in [2.24, 2.45) is 0 Å². The molecule has 0 aliphatic carbocycles. The van der Waals surface area contributed by atoms with Crippen molar-refractivity contribution < 1.29 is 14.7 Å². The number of carboxylic acid groups (broad SMARTS) is 1. The molecule has 0 aliphatic heterocycles. The predicted octanol–water partition coefficient (Wildman–Crippen LogP) is 1.70. The smallest absolute Gasteiger partial charge is 0.352 e. The minimum absolute atomic E-state index is 0.0220. The van der Waals surface area contributed by atoms with Crippen LogP contribution in [-0.4, -0.2) is 21.8 Å². The van der Waals surface area contributed by atoms with Gasteiger partial charge in [-0.1, -0.05) is 6.92 Å². The number of ketones is 1. The summed E-state index contributed by atoms with van der Waals surface area (Å²) in [6.45, 7) is 1.91. The Bertz CT molecular complexity index is 327. The minimum atomic E-state index is -1.05. The first-order valence-corrected chi connectivity index (χ1v) is 4.10. The molecule has 0 saturated carbocycles. The molecular formula is C9H11NO3. The van der Waals surface area contributed by atoms with Crippen molar-refractivity contribution in [3.05, 3.63) is 23.5 Å². The van der Waals surface area contributed by atoms with E-state index in [2.05, 4.69) is 4.98 Å². The molecule has 1 aromatic heterocycles. The number of nitrogens with one attached hydrogen (secondary N) is 1. The minimum Gasteiger partial charge on any atom is -0.477 e. The molecule has 0 radical (unpaired) electrons. The Morgan fingerprint density at radius 1 is 1.54 bits per heavy atom. The quantitative estimate of drug-likeness (QED) is 0.694. The number of carboxylic acids is 1. The van der Waals surface area contributed by atoms with Crippen molar-refractivity contribution in [3.63, 3.8) is 0 Å². The highest BCUT2D eigenvalue weighted by Crippen LogP contribution is 2.07. The van der Waals surface area contributed by atoms with E-state index in [-0.39, 0.29) is 11.5 Å². The Kier molecular flexibility index (Phi) is 2.84. The van der Waals surface area contributed by atoms with Crippen LogP contribution in [0.15, 0.2) is 12.3 Å². The molecule has 4 nitrogen and oxygen atoms in total. The van der Waals surface area contributed by atoms with Crippen molar-refractivity contribution in [2.75, 3.05) is 0 Å². The van der Waals surface area contributed by atoms with Crippen LogP contribution >= 0.6 is 0 Å². The van der Waals surface area contributed by atoms with E-state index >= 15 is 0 Å². The SMILES string of the molecule is CCCC(=O)c1c[nH]c(C(=O)O)c1. The fourth-order valence-corrected chi connectivity index (χ4v) is 1.05. The van der Waals surface area contributed by atoms with Gasteiger partial charge in [-0.15, -0.1) is 0 Å². The van der Waals surface area contributed by atoms with Gasteiger partial charge in [0.1, 0.15) is 5.69 Å². The molecule has 0 aromatic carbocycles. The lowest BCUT2D eigenvalue weighted by molar-refractivity contribution is 0.0691. The second kappa shape index (κ2) is 3.89. The summed E-state index contributed by atoms with van der Waals surface area (Å²) in [6.07, 6.45) is 2.66.